The van der Waals surface area contributed by atoms with Crippen LogP contribution in [0.5, 0.6) is 0 Å². The smallest absolute Gasteiger partial charge is 0.307 e. The topological polar surface area (TPSA) is 76.0 Å². The highest BCUT2D eigenvalue weighted by Gasteiger charge is 2.83. The Morgan fingerprint density at radius 2 is 2.05 bits per heavy atom. The molecule has 2 N–H and O–H groups in total. The van der Waals surface area contributed by atoms with Crippen molar-refractivity contribution in [3.63, 3.8) is 0 Å². The van der Waals surface area contributed by atoms with Crippen LogP contribution in [0.1, 0.15) is 40.0 Å². The van der Waals surface area contributed by atoms with E-state index in [4.69, 9.17) is 9.47 Å². The number of rotatable bonds is 0. The van der Waals surface area contributed by atoms with Crippen molar-refractivity contribution in [2.24, 2.45) is 22.7 Å². The van der Waals surface area contributed by atoms with Crippen LogP contribution in [0.4, 0.5) is 0 Å². The predicted octanol–water partition coefficient (Wildman–Crippen LogP) is 0.824. The van der Waals surface area contributed by atoms with Crippen LogP contribution in [-0.2, 0) is 14.3 Å². The van der Waals surface area contributed by atoms with Crippen molar-refractivity contribution in [2.45, 2.75) is 57.5 Å². The normalized spacial score (nSPS) is 64.0. The third-order valence-electron chi connectivity index (χ3n) is 7.24. The highest BCUT2D eigenvalue weighted by Crippen LogP contribution is 2.75. The van der Waals surface area contributed by atoms with Crippen molar-refractivity contribution in [3.8, 4) is 0 Å². The summed E-state index contributed by atoms with van der Waals surface area (Å²) < 4.78 is 11.6. The Bertz CT molecular complexity index is 506. The molecule has 2 saturated heterocycles. The summed E-state index contributed by atoms with van der Waals surface area (Å²) in [7, 11) is 0. The first-order valence-electron chi connectivity index (χ1n) is 7.47. The average molecular weight is 282 g/mol. The third-order valence-corrected chi connectivity index (χ3v) is 7.24. The number of aliphatic hydroxyl groups is 2. The van der Waals surface area contributed by atoms with Crippen LogP contribution in [0, 0.1) is 22.7 Å². The van der Waals surface area contributed by atoms with Crippen LogP contribution in [0.2, 0.25) is 0 Å². The number of carbonyl (C=O) groups is 1. The highest BCUT2D eigenvalue weighted by molar-refractivity contribution is 5.75. The van der Waals surface area contributed by atoms with E-state index in [0.29, 0.717) is 19.4 Å². The molecule has 0 radical (unpaired) electrons. The monoisotopic (exact) mass is 282 g/mol. The number of hydrogen-bond donors (Lipinski definition) is 2. The molecule has 0 aromatic carbocycles. The first-order chi connectivity index (χ1) is 9.21. The summed E-state index contributed by atoms with van der Waals surface area (Å²) in [6, 6.07) is 0. The van der Waals surface area contributed by atoms with Gasteiger partial charge in [0.2, 0.25) is 0 Å². The fourth-order valence-corrected chi connectivity index (χ4v) is 5.78. The van der Waals surface area contributed by atoms with Gasteiger partial charge in [0.1, 0.15) is 5.60 Å². The number of hydrogen-bond acceptors (Lipinski definition) is 5. The number of aliphatic hydroxyl groups excluding tert-OH is 1. The number of fused-ring (bicyclic) bond motifs is 2. The summed E-state index contributed by atoms with van der Waals surface area (Å²) in [5, 5.41) is 21.3. The van der Waals surface area contributed by atoms with Gasteiger partial charge in [0.25, 0.3) is 0 Å². The van der Waals surface area contributed by atoms with Crippen molar-refractivity contribution >= 4 is 5.97 Å². The second-order valence-corrected chi connectivity index (χ2v) is 7.64. The molecule has 0 amide bonds. The standard InChI is InChI=1S/C15H22O5/c1-8-10(16)4-15-12(3)7-19-14(18,9(12)2)6-13(8,15)5-11(17)20-15/h8-10,16,18H,4-7H2,1-3H3/t8-,9?,10-,12-,13+,14-,15-/m1/s1. The van der Waals surface area contributed by atoms with Crippen molar-refractivity contribution in [2.75, 3.05) is 6.61 Å². The average Bonchev–Trinajstić information content (AvgIpc) is 2.83. The largest absolute Gasteiger partial charge is 0.458 e. The molecule has 0 spiro atoms. The Balaban J connectivity index is 1.97. The Morgan fingerprint density at radius 1 is 1.35 bits per heavy atom. The minimum absolute atomic E-state index is 0.0750. The summed E-state index contributed by atoms with van der Waals surface area (Å²) in [6.07, 6.45) is 0.621. The molecule has 4 fully saturated rings. The van der Waals surface area contributed by atoms with Crippen molar-refractivity contribution in [1.82, 2.24) is 0 Å². The SMILES string of the molecule is CC1[C@@]2(O)C[C@]34CC(=O)O[C@]3(C[C@@H](O)[C@H]4C)[C@]1(C)CO2. The van der Waals surface area contributed by atoms with Gasteiger partial charge in [-0.3, -0.25) is 4.79 Å². The summed E-state index contributed by atoms with van der Waals surface area (Å²) in [5.41, 5.74) is -1.65. The zero-order valence-corrected chi connectivity index (χ0v) is 12.2. The van der Waals surface area contributed by atoms with Gasteiger partial charge in [-0.2, -0.15) is 0 Å². The van der Waals surface area contributed by atoms with Crippen LogP contribution in [-0.4, -0.2) is 40.3 Å². The van der Waals surface area contributed by atoms with E-state index in [2.05, 4.69) is 0 Å². The maximum absolute atomic E-state index is 12.1. The van der Waals surface area contributed by atoms with Gasteiger partial charge in [-0.15, -0.1) is 0 Å². The van der Waals surface area contributed by atoms with E-state index in [1.54, 1.807) is 0 Å². The fourth-order valence-electron chi connectivity index (χ4n) is 5.78. The predicted molar refractivity (Wildman–Crippen MR) is 68.5 cm³/mol. The molecule has 2 bridgehead atoms. The Morgan fingerprint density at radius 3 is 2.75 bits per heavy atom. The molecule has 112 valence electrons. The summed E-state index contributed by atoms with van der Waals surface area (Å²) >= 11 is 0. The van der Waals surface area contributed by atoms with Gasteiger partial charge < -0.3 is 19.7 Å². The van der Waals surface area contributed by atoms with E-state index < -0.39 is 28.3 Å². The van der Waals surface area contributed by atoms with Gasteiger partial charge >= 0.3 is 5.97 Å². The van der Waals surface area contributed by atoms with E-state index >= 15 is 0 Å². The maximum atomic E-state index is 12.1. The van der Waals surface area contributed by atoms with Crippen LogP contribution in [0.15, 0.2) is 0 Å². The lowest BCUT2D eigenvalue weighted by Gasteiger charge is -2.56. The molecule has 7 atom stereocenters. The summed E-state index contributed by atoms with van der Waals surface area (Å²) in [4.78, 5) is 12.1. The second-order valence-electron chi connectivity index (χ2n) is 7.64. The number of esters is 1. The van der Waals surface area contributed by atoms with Crippen LogP contribution < -0.4 is 0 Å². The van der Waals surface area contributed by atoms with E-state index in [1.165, 1.54) is 0 Å². The molecule has 4 aliphatic rings. The van der Waals surface area contributed by atoms with E-state index in [9.17, 15) is 15.0 Å². The van der Waals surface area contributed by atoms with Gasteiger partial charge in [0.15, 0.2) is 5.79 Å². The van der Waals surface area contributed by atoms with Gasteiger partial charge in [-0.25, -0.2) is 0 Å². The quantitative estimate of drug-likeness (QED) is 0.643. The van der Waals surface area contributed by atoms with Crippen molar-refractivity contribution < 1.29 is 24.5 Å². The summed E-state index contributed by atoms with van der Waals surface area (Å²) in [5.74, 6) is -1.60. The van der Waals surface area contributed by atoms with Crippen LogP contribution in [0.25, 0.3) is 0 Å². The van der Waals surface area contributed by atoms with Crippen molar-refractivity contribution in [3.05, 3.63) is 0 Å². The van der Waals surface area contributed by atoms with Gasteiger partial charge in [-0.05, 0) is 5.92 Å². The minimum atomic E-state index is -1.20. The molecule has 2 heterocycles. The molecule has 4 rings (SSSR count). The third kappa shape index (κ3) is 1.02. The molecule has 5 heteroatoms. The Hall–Kier alpha value is -0.650. The van der Waals surface area contributed by atoms with Crippen LogP contribution in [0.3, 0.4) is 0 Å². The molecule has 2 aliphatic carbocycles. The fraction of sp³-hybridized carbons (Fsp3) is 0.933. The summed E-state index contributed by atoms with van der Waals surface area (Å²) in [6.45, 7) is 6.34. The van der Waals surface area contributed by atoms with Gasteiger partial charge in [0.05, 0.1) is 19.1 Å². The van der Waals surface area contributed by atoms with E-state index in [-0.39, 0.29) is 24.2 Å². The molecule has 1 unspecified atom stereocenters. The molecule has 0 aromatic rings. The number of carbonyl (C=O) groups excluding carboxylic acids is 1. The molecule has 0 aromatic heterocycles. The first kappa shape index (κ1) is 13.0. The zero-order chi connectivity index (χ0) is 14.6. The molecular formula is C15H22O5. The zero-order valence-electron chi connectivity index (χ0n) is 12.2. The number of ether oxygens (including phenoxy) is 2. The van der Waals surface area contributed by atoms with Gasteiger partial charge in [0, 0.05) is 29.6 Å². The van der Waals surface area contributed by atoms with E-state index in [1.807, 2.05) is 20.8 Å². The Kier molecular flexibility index (Phi) is 2.11. The maximum Gasteiger partial charge on any atom is 0.307 e. The Labute approximate surface area is 118 Å². The first-order valence-corrected chi connectivity index (χ1v) is 7.47. The molecular weight excluding hydrogens is 260 g/mol. The minimum Gasteiger partial charge on any atom is -0.458 e. The lowest BCUT2D eigenvalue weighted by atomic mass is 9.48. The molecule has 2 saturated carbocycles. The van der Waals surface area contributed by atoms with Crippen molar-refractivity contribution in [1.29, 1.82) is 0 Å². The molecule has 2 aliphatic heterocycles. The lowest BCUT2D eigenvalue weighted by Crippen LogP contribution is -2.64. The van der Waals surface area contributed by atoms with Crippen LogP contribution >= 0.6 is 0 Å². The lowest BCUT2D eigenvalue weighted by molar-refractivity contribution is -0.257. The second kappa shape index (κ2) is 3.23. The molecule has 20 heavy (non-hydrogen) atoms. The van der Waals surface area contributed by atoms with Gasteiger partial charge in [-0.1, -0.05) is 20.8 Å². The highest BCUT2D eigenvalue weighted by atomic mass is 16.6. The molecule has 5 nitrogen and oxygen atoms in total. The van der Waals surface area contributed by atoms with E-state index in [0.717, 1.165) is 0 Å².